The van der Waals surface area contributed by atoms with Crippen LogP contribution in [-0.4, -0.2) is 5.78 Å². The van der Waals surface area contributed by atoms with Crippen molar-refractivity contribution in [2.24, 2.45) is 0 Å². The molecule has 0 N–H and O–H groups in total. The van der Waals surface area contributed by atoms with Crippen molar-refractivity contribution in [2.75, 3.05) is 0 Å². The fourth-order valence-electron chi connectivity index (χ4n) is 1.60. The van der Waals surface area contributed by atoms with Crippen LogP contribution in [-0.2, 0) is 5.33 Å². The largest absolute Gasteiger partial charge is 0.288 e. The molecule has 1 nitrogen and oxygen atoms in total. The van der Waals surface area contributed by atoms with E-state index in [1.54, 1.807) is 30.3 Å². The third-order valence-electron chi connectivity index (χ3n) is 2.56. The second kappa shape index (κ2) is 5.87. The molecule has 2 aromatic carbocycles. The highest BCUT2D eigenvalue weighted by molar-refractivity contribution is 9.08. The van der Waals surface area contributed by atoms with Crippen LogP contribution in [0.15, 0.2) is 42.5 Å². The number of carbonyl (C=O) groups excluding carboxylic acids is 1. The van der Waals surface area contributed by atoms with Crippen molar-refractivity contribution in [2.45, 2.75) is 5.33 Å². The van der Waals surface area contributed by atoms with Gasteiger partial charge >= 0.3 is 0 Å². The fourth-order valence-corrected chi connectivity index (χ4v) is 2.55. The van der Waals surface area contributed by atoms with E-state index < -0.39 is 0 Å². The van der Waals surface area contributed by atoms with Gasteiger partial charge < -0.3 is 0 Å². The molecule has 0 atom stereocenters. The molecule has 2 rings (SSSR count). The standard InChI is InChI=1S/C14H9BrCl2O/c15-8-9-4-6-10(7-5-9)14(18)13-11(16)2-1-3-12(13)17/h1-7H,8H2. The first kappa shape index (κ1) is 13.6. The maximum absolute atomic E-state index is 12.3. The lowest BCUT2D eigenvalue weighted by Gasteiger charge is -2.06. The van der Waals surface area contributed by atoms with Crippen LogP contribution < -0.4 is 0 Å². The summed E-state index contributed by atoms with van der Waals surface area (Å²) in [6.45, 7) is 0. The smallest absolute Gasteiger partial charge is 0.196 e. The van der Waals surface area contributed by atoms with Crippen molar-refractivity contribution in [1.82, 2.24) is 0 Å². The van der Waals surface area contributed by atoms with Gasteiger partial charge in [-0.2, -0.15) is 0 Å². The molecule has 0 bridgehead atoms. The Morgan fingerprint density at radius 1 is 1.00 bits per heavy atom. The minimum absolute atomic E-state index is 0.160. The van der Waals surface area contributed by atoms with Crippen LogP contribution >= 0.6 is 39.1 Å². The van der Waals surface area contributed by atoms with E-state index >= 15 is 0 Å². The number of alkyl halides is 1. The zero-order valence-electron chi connectivity index (χ0n) is 9.29. The average Bonchev–Trinajstić information content (AvgIpc) is 2.38. The van der Waals surface area contributed by atoms with E-state index in [4.69, 9.17) is 23.2 Å². The molecule has 0 spiro atoms. The molecule has 92 valence electrons. The SMILES string of the molecule is O=C(c1ccc(CBr)cc1)c1c(Cl)cccc1Cl. The van der Waals surface area contributed by atoms with E-state index in [1.165, 1.54) is 0 Å². The summed E-state index contributed by atoms with van der Waals surface area (Å²) in [4.78, 5) is 12.3. The third-order valence-corrected chi connectivity index (χ3v) is 3.84. The summed E-state index contributed by atoms with van der Waals surface area (Å²) in [7, 11) is 0. The summed E-state index contributed by atoms with van der Waals surface area (Å²) >= 11 is 15.4. The van der Waals surface area contributed by atoms with Crippen LogP contribution in [0.5, 0.6) is 0 Å². The lowest BCUT2D eigenvalue weighted by molar-refractivity contribution is 0.103. The Labute approximate surface area is 124 Å². The van der Waals surface area contributed by atoms with Crippen LogP contribution in [0.1, 0.15) is 21.5 Å². The van der Waals surface area contributed by atoms with Gasteiger partial charge in [0.05, 0.1) is 15.6 Å². The number of hydrogen-bond acceptors (Lipinski definition) is 1. The Hall–Kier alpha value is -0.830. The van der Waals surface area contributed by atoms with E-state index in [1.807, 2.05) is 12.1 Å². The Bertz CT molecular complexity index is 559. The second-order valence-electron chi connectivity index (χ2n) is 3.76. The predicted octanol–water partition coefficient (Wildman–Crippen LogP) is 5.12. The highest BCUT2D eigenvalue weighted by atomic mass is 79.9. The molecule has 4 heteroatoms. The van der Waals surface area contributed by atoms with Crippen molar-refractivity contribution in [3.63, 3.8) is 0 Å². The van der Waals surface area contributed by atoms with Gasteiger partial charge in [0.15, 0.2) is 5.78 Å². The summed E-state index contributed by atoms with van der Waals surface area (Å²) in [6.07, 6.45) is 0. The number of carbonyl (C=O) groups is 1. The van der Waals surface area contributed by atoms with E-state index in [9.17, 15) is 4.79 Å². The average molecular weight is 344 g/mol. The number of hydrogen-bond donors (Lipinski definition) is 0. The lowest BCUT2D eigenvalue weighted by Crippen LogP contribution is -2.03. The number of halogens is 3. The van der Waals surface area contributed by atoms with Gasteiger partial charge in [-0.05, 0) is 17.7 Å². The first-order chi connectivity index (χ1) is 8.63. The first-order valence-electron chi connectivity index (χ1n) is 5.27. The number of ketones is 1. The summed E-state index contributed by atoms with van der Waals surface area (Å²) in [5, 5.41) is 1.50. The Kier molecular flexibility index (Phi) is 4.44. The van der Waals surface area contributed by atoms with E-state index in [0.29, 0.717) is 21.2 Å². The zero-order chi connectivity index (χ0) is 13.1. The van der Waals surface area contributed by atoms with Crippen molar-refractivity contribution in [3.05, 3.63) is 69.2 Å². The molecule has 2 aromatic rings. The maximum Gasteiger partial charge on any atom is 0.196 e. The van der Waals surface area contributed by atoms with E-state index in [-0.39, 0.29) is 5.78 Å². The molecule has 0 radical (unpaired) electrons. The van der Waals surface area contributed by atoms with Crippen molar-refractivity contribution in [1.29, 1.82) is 0 Å². The summed E-state index contributed by atoms with van der Waals surface area (Å²) in [5.74, 6) is -0.160. The Balaban J connectivity index is 2.41. The Morgan fingerprint density at radius 2 is 1.56 bits per heavy atom. The van der Waals surface area contributed by atoms with Gasteiger partial charge in [0.2, 0.25) is 0 Å². The fraction of sp³-hybridized carbons (Fsp3) is 0.0714. The molecular weight excluding hydrogens is 335 g/mol. The van der Waals surface area contributed by atoms with Gasteiger partial charge in [0.1, 0.15) is 0 Å². The molecule has 0 unspecified atom stereocenters. The lowest BCUT2D eigenvalue weighted by atomic mass is 10.0. The summed E-state index contributed by atoms with van der Waals surface area (Å²) < 4.78 is 0. The van der Waals surface area contributed by atoms with E-state index in [2.05, 4.69) is 15.9 Å². The molecule has 0 heterocycles. The molecule has 18 heavy (non-hydrogen) atoms. The first-order valence-corrected chi connectivity index (χ1v) is 7.15. The predicted molar refractivity (Wildman–Crippen MR) is 79.0 cm³/mol. The quantitative estimate of drug-likeness (QED) is 0.558. The van der Waals surface area contributed by atoms with Crippen molar-refractivity contribution in [3.8, 4) is 0 Å². The van der Waals surface area contributed by atoms with Crippen molar-refractivity contribution >= 4 is 44.9 Å². The van der Waals surface area contributed by atoms with Crippen LogP contribution in [0, 0.1) is 0 Å². The third kappa shape index (κ3) is 2.77. The van der Waals surface area contributed by atoms with Gasteiger partial charge in [-0.1, -0.05) is 69.5 Å². The minimum atomic E-state index is -0.160. The van der Waals surface area contributed by atoms with Crippen LogP contribution in [0.3, 0.4) is 0 Å². The highest BCUT2D eigenvalue weighted by Gasteiger charge is 2.16. The van der Waals surface area contributed by atoms with Gasteiger partial charge in [-0.3, -0.25) is 4.79 Å². The molecule has 0 aromatic heterocycles. The van der Waals surface area contributed by atoms with Gasteiger partial charge in [0.25, 0.3) is 0 Å². The molecule has 0 saturated carbocycles. The van der Waals surface area contributed by atoms with Gasteiger partial charge in [0, 0.05) is 10.9 Å². The minimum Gasteiger partial charge on any atom is -0.288 e. The summed E-state index contributed by atoms with van der Waals surface area (Å²) in [5.41, 5.74) is 2.04. The molecule has 0 saturated heterocycles. The Morgan fingerprint density at radius 3 is 2.06 bits per heavy atom. The second-order valence-corrected chi connectivity index (χ2v) is 5.13. The van der Waals surface area contributed by atoms with Gasteiger partial charge in [-0.15, -0.1) is 0 Å². The molecule has 0 aliphatic carbocycles. The zero-order valence-corrected chi connectivity index (χ0v) is 12.4. The van der Waals surface area contributed by atoms with Crippen LogP contribution in [0.4, 0.5) is 0 Å². The number of benzene rings is 2. The van der Waals surface area contributed by atoms with Crippen LogP contribution in [0.2, 0.25) is 10.0 Å². The molecule has 0 aliphatic heterocycles. The molecule has 0 amide bonds. The molecule has 0 aliphatic rings. The normalized spacial score (nSPS) is 10.4. The monoisotopic (exact) mass is 342 g/mol. The van der Waals surface area contributed by atoms with Crippen molar-refractivity contribution < 1.29 is 4.79 Å². The van der Waals surface area contributed by atoms with Crippen LogP contribution in [0.25, 0.3) is 0 Å². The van der Waals surface area contributed by atoms with E-state index in [0.717, 1.165) is 10.9 Å². The summed E-state index contributed by atoms with van der Waals surface area (Å²) in [6, 6.07) is 12.4. The van der Waals surface area contributed by atoms with Gasteiger partial charge in [-0.25, -0.2) is 0 Å². The molecule has 0 fully saturated rings. The highest BCUT2D eigenvalue weighted by Crippen LogP contribution is 2.27. The topological polar surface area (TPSA) is 17.1 Å². The maximum atomic E-state index is 12.3. The number of rotatable bonds is 3. The molecular formula is C14H9BrCl2O.